The Morgan fingerprint density at radius 1 is 0.705 bits per heavy atom. The van der Waals surface area contributed by atoms with Crippen LogP contribution in [0.3, 0.4) is 0 Å². The molecule has 0 atom stereocenters. The molecular weight excluding hydrogens is 562 g/mol. The summed E-state index contributed by atoms with van der Waals surface area (Å²) >= 11 is 0. The normalized spacial score (nSPS) is 17.8. The Labute approximate surface area is 257 Å². The first-order chi connectivity index (χ1) is 21.6. The molecule has 3 aliphatic heterocycles. The molecule has 3 fully saturated rings. The van der Waals surface area contributed by atoms with Crippen molar-refractivity contribution in [1.82, 2.24) is 25.2 Å². The maximum Gasteiger partial charge on any atom is 0.323 e. The number of nitrogens with zero attached hydrogens (tertiary/aromatic N) is 6. The fraction of sp³-hybridized carbons (Fsp3) is 0.452. The van der Waals surface area contributed by atoms with Gasteiger partial charge in [-0.2, -0.15) is 15.0 Å². The van der Waals surface area contributed by atoms with Gasteiger partial charge in [0.05, 0.1) is 26.4 Å². The van der Waals surface area contributed by atoms with E-state index >= 15 is 0 Å². The van der Waals surface area contributed by atoms with Crippen molar-refractivity contribution < 1.29 is 19.1 Å². The van der Waals surface area contributed by atoms with Crippen LogP contribution in [0.5, 0.6) is 0 Å². The average molecular weight is 602 g/mol. The van der Waals surface area contributed by atoms with Gasteiger partial charge < -0.3 is 40.1 Å². The first-order valence-corrected chi connectivity index (χ1v) is 15.2. The van der Waals surface area contributed by atoms with Gasteiger partial charge in [-0.15, -0.1) is 0 Å². The number of carbonyl (C=O) groups excluding carboxylic acids is 2. The molecule has 0 saturated carbocycles. The average Bonchev–Trinajstić information content (AvgIpc) is 3.09. The molecule has 13 nitrogen and oxygen atoms in total. The van der Waals surface area contributed by atoms with Crippen LogP contribution >= 0.6 is 0 Å². The summed E-state index contributed by atoms with van der Waals surface area (Å²) in [7, 11) is 1.96. The van der Waals surface area contributed by atoms with Crippen molar-refractivity contribution in [2.75, 3.05) is 93.2 Å². The second-order valence-electron chi connectivity index (χ2n) is 11.0. The summed E-state index contributed by atoms with van der Waals surface area (Å²) < 4.78 is 11.0. The van der Waals surface area contributed by atoms with Gasteiger partial charge in [0.1, 0.15) is 0 Å². The van der Waals surface area contributed by atoms with E-state index in [0.717, 1.165) is 57.7 Å². The molecule has 1 aromatic heterocycles. The van der Waals surface area contributed by atoms with Crippen LogP contribution in [0.4, 0.5) is 28.1 Å². The molecular formula is C31H39N9O4. The number of benzene rings is 2. The topological polar surface area (TPSA) is 137 Å². The summed E-state index contributed by atoms with van der Waals surface area (Å²) in [4.78, 5) is 46.1. The lowest BCUT2D eigenvalue weighted by Gasteiger charge is -2.31. The van der Waals surface area contributed by atoms with Gasteiger partial charge in [-0.05, 0) is 68.4 Å². The number of nitrogens with one attached hydrogen (secondary N) is 3. The fourth-order valence-corrected chi connectivity index (χ4v) is 5.54. The Balaban J connectivity index is 1.08. The summed E-state index contributed by atoms with van der Waals surface area (Å²) in [5.41, 5.74) is 2.65. The Morgan fingerprint density at radius 3 is 1.70 bits per heavy atom. The van der Waals surface area contributed by atoms with Crippen molar-refractivity contribution in [1.29, 1.82) is 0 Å². The van der Waals surface area contributed by atoms with Crippen molar-refractivity contribution >= 4 is 35.2 Å². The minimum atomic E-state index is -0.379. The number of anilines is 4. The maximum atomic E-state index is 12.9. The summed E-state index contributed by atoms with van der Waals surface area (Å²) in [6, 6.07) is 14.5. The van der Waals surface area contributed by atoms with E-state index in [1.165, 1.54) is 0 Å². The Hall–Kier alpha value is -4.33. The van der Waals surface area contributed by atoms with Gasteiger partial charge in [0, 0.05) is 67.8 Å². The molecule has 232 valence electrons. The minimum Gasteiger partial charge on any atom is -0.378 e. The largest absolute Gasteiger partial charge is 0.378 e. The highest BCUT2D eigenvalue weighted by Gasteiger charge is 2.23. The summed E-state index contributed by atoms with van der Waals surface area (Å²) in [5.74, 6) is 1.85. The number of likely N-dealkylation sites (tertiary alicyclic amines) is 1. The van der Waals surface area contributed by atoms with Gasteiger partial charge in [-0.3, -0.25) is 4.79 Å². The second-order valence-corrected chi connectivity index (χ2v) is 11.0. The number of amides is 3. The van der Waals surface area contributed by atoms with Gasteiger partial charge in [-0.25, -0.2) is 4.79 Å². The third-order valence-electron chi connectivity index (χ3n) is 8.18. The van der Waals surface area contributed by atoms with Gasteiger partial charge in [-0.1, -0.05) is 0 Å². The van der Waals surface area contributed by atoms with E-state index in [1.807, 2.05) is 36.2 Å². The summed E-state index contributed by atoms with van der Waals surface area (Å²) in [6.45, 7) is 6.90. The number of hydrogen-bond donors (Lipinski definition) is 3. The zero-order chi connectivity index (χ0) is 30.3. The van der Waals surface area contributed by atoms with Gasteiger partial charge in [0.15, 0.2) is 5.82 Å². The van der Waals surface area contributed by atoms with Gasteiger partial charge in [0.25, 0.3) is 5.91 Å². The van der Waals surface area contributed by atoms with Crippen LogP contribution in [0.1, 0.15) is 23.2 Å². The fourth-order valence-electron chi connectivity index (χ4n) is 5.54. The van der Waals surface area contributed by atoms with Crippen molar-refractivity contribution in [3.8, 4) is 11.4 Å². The van der Waals surface area contributed by atoms with Crippen LogP contribution in [0.2, 0.25) is 0 Å². The lowest BCUT2D eigenvalue weighted by atomic mass is 10.0. The SMILES string of the molecule is CNC1CCN(C(=O)c2ccc(NC(=O)Nc3ccc(-c4nc(N5CCOCC5)nc(N5CCOCC5)n4)cc3)cc2)CC1. The first-order valence-electron chi connectivity index (χ1n) is 15.2. The van der Waals surface area contributed by atoms with Gasteiger partial charge in [0.2, 0.25) is 11.9 Å². The summed E-state index contributed by atoms with van der Waals surface area (Å²) in [5, 5.41) is 8.98. The summed E-state index contributed by atoms with van der Waals surface area (Å²) in [6.07, 6.45) is 1.90. The van der Waals surface area contributed by atoms with Crippen molar-refractivity contribution in [2.24, 2.45) is 0 Å². The number of hydrogen-bond acceptors (Lipinski definition) is 10. The van der Waals surface area contributed by atoms with Gasteiger partial charge >= 0.3 is 6.03 Å². The highest BCUT2D eigenvalue weighted by atomic mass is 16.5. The van der Waals surface area contributed by atoms with E-state index < -0.39 is 0 Å². The van der Waals surface area contributed by atoms with Crippen LogP contribution in [0.15, 0.2) is 48.5 Å². The Morgan fingerprint density at radius 2 is 1.20 bits per heavy atom. The molecule has 3 saturated heterocycles. The molecule has 4 heterocycles. The second kappa shape index (κ2) is 14.0. The van der Waals surface area contributed by atoms with E-state index in [4.69, 9.17) is 24.4 Å². The molecule has 3 amide bonds. The maximum absolute atomic E-state index is 12.9. The monoisotopic (exact) mass is 601 g/mol. The molecule has 6 rings (SSSR count). The standard InChI is InChI=1S/C31H39N9O4/c1-32-24-10-12-38(13-11-24)28(41)23-4-8-26(9-5-23)34-31(42)33-25-6-2-22(3-7-25)27-35-29(39-14-18-43-19-15-39)37-30(36-27)40-16-20-44-21-17-40/h2-9,24,32H,10-21H2,1H3,(H2,33,34,42). The van der Waals surface area contributed by atoms with Crippen LogP contribution in [0.25, 0.3) is 11.4 Å². The Bertz CT molecular complexity index is 1380. The number of aromatic nitrogens is 3. The number of piperidine rings is 1. The molecule has 13 heteroatoms. The van der Waals surface area contributed by atoms with Crippen LogP contribution in [-0.4, -0.2) is 111 Å². The number of ether oxygens (including phenoxy) is 2. The minimum absolute atomic E-state index is 0.0166. The molecule has 3 aromatic rings. The third-order valence-corrected chi connectivity index (χ3v) is 8.18. The van der Waals surface area contributed by atoms with Crippen LogP contribution in [0, 0.1) is 0 Å². The van der Waals surface area contributed by atoms with E-state index in [2.05, 4.69) is 25.8 Å². The molecule has 0 radical (unpaired) electrons. The zero-order valence-corrected chi connectivity index (χ0v) is 25.0. The highest BCUT2D eigenvalue weighted by molar-refractivity contribution is 6.00. The molecule has 3 aliphatic rings. The highest BCUT2D eigenvalue weighted by Crippen LogP contribution is 2.24. The van der Waals surface area contributed by atoms with E-state index in [-0.39, 0.29) is 11.9 Å². The Kier molecular flexibility index (Phi) is 9.44. The molecule has 0 bridgehead atoms. The van der Waals surface area contributed by atoms with Crippen LogP contribution < -0.4 is 25.8 Å². The van der Waals surface area contributed by atoms with Crippen LogP contribution in [-0.2, 0) is 9.47 Å². The van der Waals surface area contributed by atoms with Crippen molar-refractivity contribution in [3.05, 3.63) is 54.1 Å². The smallest absolute Gasteiger partial charge is 0.323 e. The number of rotatable bonds is 7. The molecule has 0 aliphatic carbocycles. The quantitative estimate of drug-likeness (QED) is 0.371. The number of urea groups is 1. The lowest BCUT2D eigenvalue weighted by Crippen LogP contribution is -2.43. The predicted octanol–water partition coefficient (Wildman–Crippen LogP) is 2.68. The third kappa shape index (κ3) is 7.24. The zero-order valence-electron chi connectivity index (χ0n) is 25.0. The van der Waals surface area contributed by atoms with Crippen molar-refractivity contribution in [3.63, 3.8) is 0 Å². The molecule has 0 spiro atoms. The molecule has 3 N–H and O–H groups in total. The number of carbonyl (C=O) groups is 2. The number of morpholine rings is 2. The van der Waals surface area contributed by atoms with E-state index in [0.29, 0.717) is 67.1 Å². The lowest BCUT2D eigenvalue weighted by molar-refractivity contribution is 0.0707. The predicted molar refractivity (Wildman–Crippen MR) is 168 cm³/mol. The van der Waals surface area contributed by atoms with Crippen molar-refractivity contribution in [2.45, 2.75) is 18.9 Å². The van der Waals surface area contributed by atoms with E-state index in [9.17, 15) is 9.59 Å². The first kappa shape index (κ1) is 29.7. The molecule has 0 unspecified atom stereocenters. The molecule has 44 heavy (non-hydrogen) atoms. The van der Waals surface area contributed by atoms with E-state index in [1.54, 1.807) is 24.3 Å². The molecule has 2 aromatic carbocycles.